The highest BCUT2D eigenvalue weighted by molar-refractivity contribution is 7.19. The molecule has 1 fully saturated rings. The number of aromatic nitrogens is 4. The van der Waals surface area contributed by atoms with E-state index >= 15 is 0 Å². The first-order chi connectivity index (χ1) is 11.2. The quantitative estimate of drug-likeness (QED) is 0.697. The predicted octanol–water partition coefficient (Wildman–Crippen LogP) is 4.15. The summed E-state index contributed by atoms with van der Waals surface area (Å²) in [7, 11) is 0. The Balaban J connectivity index is 1.65. The van der Waals surface area contributed by atoms with Crippen LogP contribution in [0.5, 0.6) is 0 Å². The number of hydrogen-bond donors (Lipinski definition) is 0. The van der Waals surface area contributed by atoms with E-state index in [-0.39, 0.29) is 0 Å². The molecule has 0 N–H and O–H groups in total. The van der Waals surface area contributed by atoms with Gasteiger partial charge < -0.3 is 0 Å². The van der Waals surface area contributed by atoms with E-state index in [1.54, 1.807) is 6.07 Å². The summed E-state index contributed by atoms with van der Waals surface area (Å²) in [5.41, 5.74) is 0.871. The number of halogens is 2. The highest BCUT2D eigenvalue weighted by Gasteiger charge is 2.18. The van der Waals surface area contributed by atoms with E-state index in [1.807, 2.05) is 16.6 Å². The minimum atomic E-state index is 0.597. The van der Waals surface area contributed by atoms with Gasteiger partial charge in [-0.1, -0.05) is 41.0 Å². The van der Waals surface area contributed by atoms with Gasteiger partial charge in [0.1, 0.15) is 5.01 Å². The van der Waals surface area contributed by atoms with Crippen LogP contribution < -0.4 is 0 Å². The minimum Gasteiger partial charge on any atom is -0.296 e. The van der Waals surface area contributed by atoms with Crippen molar-refractivity contribution in [3.05, 3.63) is 34.1 Å². The smallest absolute Gasteiger partial charge is 0.235 e. The molecular weight excluding hydrogens is 353 g/mol. The van der Waals surface area contributed by atoms with Crippen LogP contribution in [0.25, 0.3) is 15.5 Å². The van der Waals surface area contributed by atoms with Crippen LogP contribution in [-0.2, 0) is 6.54 Å². The molecule has 1 aromatic carbocycles. The Morgan fingerprint density at radius 1 is 1.09 bits per heavy atom. The number of hydrogen-bond acceptors (Lipinski definition) is 5. The molecule has 0 amide bonds. The van der Waals surface area contributed by atoms with Crippen molar-refractivity contribution in [2.45, 2.75) is 25.8 Å². The first-order valence-corrected chi connectivity index (χ1v) is 9.17. The van der Waals surface area contributed by atoms with Crippen molar-refractivity contribution >= 4 is 39.5 Å². The molecule has 3 aromatic rings. The first-order valence-electron chi connectivity index (χ1n) is 7.59. The maximum absolute atomic E-state index is 6.28. The fourth-order valence-corrected chi connectivity index (χ4v) is 4.30. The van der Waals surface area contributed by atoms with E-state index in [0.29, 0.717) is 10.0 Å². The van der Waals surface area contributed by atoms with Gasteiger partial charge in [-0.15, -0.1) is 10.2 Å². The van der Waals surface area contributed by atoms with Crippen LogP contribution in [0.1, 0.15) is 25.1 Å². The normalized spacial score (nSPS) is 16.3. The molecule has 0 atom stereocenters. The Hall–Kier alpha value is -1.21. The van der Waals surface area contributed by atoms with Crippen molar-refractivity contribution in [1.29, 1.82) is 0 Å². The second kappa shape index (κ2) is 6.36. The summed E-state index contributed by atoms with van der Waals surface area (Å²) in [6.07, 6.45) is 3.83. The van der Waals surface area contributed by atoms with Gasteiger partial charge in [-0.3, -0.25) is 4.90 Å². The second-order valence-electron chi connectivity index (χ2n) is 5.68. The number of benzene rings is 1. The lowest BCUT2D eigenvalue weighted by Crippen LogP contribution is -2.30. The molecule has 2 aromatic heterocycles. The van der Waals surface area contributed by atoms with Gasteiger partial charge in [0.25, 0.3) is 0 Å². The van der Waals surface area contributed by atoms with Gasteiger partial charge in [-0.25, -0.2) is 0 Å². The summed E-state index contributed by atoms with van der Waals surface area (Å²) in [5, 5.41) is 15.2. The molecule has 23 heavy (non-hydrogen) atoms. The van der Waals surface area contributed by atoms with Gasteiger partial charge in [-0.05, 0) is 44.1 Å². The highest BCUT2D eigenvalue weighted by Crippen LogP contribution is 2.33. The lowest BCUT2D eigenvalue weighted by atomic mass is 10.1. The van der Waals surface area contributed by atoms with Crippen molar-refractivity contribution in [3.63, 3.8) is 0 Å². The number of likely N-dealkylation sites (tertiary alicyclic amines) is 1. The fraction of sp³-hybridized carbons (Fsp3) is 0.400. The number of piperidine rings is 1. The first kappa shape index (κ1) is 15.3. The van der Waals surface area contributed by atoms with E-state index in [4.69, 9.17) is 23.2 Å². The highest BCUT2D eigenvalue weighted by atomic mass is 35.5. The van der Waals surface area contributed by atoms with Gasteiger partial charge in [0.2, 0.25) is 4.96 Å². The zero-order valence-corrected chi connectivity index (χ0v) is 14.7. The molecule has 0 spiro atoms. The van der Waals surface area contributed by atoms with Crippen LogP contribution >= 0.6 is 34.5 Å². The Bertz CT molecular complexity index is 838. The maximum atomic E-state index is 6.28. The molecule has 0 bridgehead atoms. The molecule has 3 heterocycles. The summed E-state index contributed by atoms with van der Waals surface area (Å²) >= 11 is 13.7. The monoisotopic (exact) mass is 367 g/mol. The summed E-state index contributed by atoms with van der Waals surface area (Å²) in [6.45, 7) is 3.03. The van der Waals surface area contributed by atoms with E-state index in [1.165, 1.54) is 30.6 Å². The SMILES string of the molecule is Clc1ccc(-c2nn3c(CN4CCCCC4)nnc3s2)c(Cl)c1. The Morgan fingerprint density at radius 3 is 2.70 bits per heavy atom. The van der Waals surface area contributed by atoms with Crippen LogP contribution in [0, 0.1) is 0 Å². The Labute approximate surface area is 147 Å². The topological polar surface area (TPSA) is 46.3 Å². The molecule has 5 nitrogen and oxygen atoms in total. The van der Waals surface area contributed by atoms with E-state index in [0.717, 1.165) is 41.0 Å². The molecule has 0 aliphatic carbocycles. The maximum Gasteiger partial charge on any atom is 0.235 e. The third-order valence-electron chi connectivity index (χ3n) is 4.03. The fourth-order valence-electron chi connectivity index (χ4n) is 2.85. The van der Waals surface area contributed by atoms with Gasteiger partial charge in [0.15, 0.2) is 5.82 Å². The summed E-state index contributed by atoms with van der Waals surface area (Å²) in [4.78, 5) is 3.20. The lowest BCUT2D eigenvalue weighted by molar-refractivity contribution is 0.214. The molecule has 4 rings (SSSR count). The van der Waals surface area contributed by atoms with Crippen molar-refractivity contribution in [2.75, 3.05) is 13.1 Å². The van der Waals surface area contributed by atoms with Gasteiger partial charge in [0, 0.05) is 10.6 Å². The molecule has 1 aliphatic heterocycles. The lowest BCUT2D eigenvalue weighted by Gasteiger charge is -2.25. The van der Waals surface area contributed by atoms with Gasteiger partial charge in [0.05, 0.1) is 11.6 Å². The summed E-state index contributed by atoms with van der Waals surface area (Å²) in [5.74, 6) is 0.884. The van der Waals surface area contributed by atoms with Gasteiger partial charge in [-0.2, -0.15) is 9.61 Å². The van der Waals surface area contributed by atoms with Crippen LogP contribution in [0.3, 0.4) is 0 Å². The molecule has 0 unspecified atom stereocenters. The standard InChI is InChI=1S/C15H15Cl2N5S/c16-10-4-5-11(12(17)8-10)14-20-22-13(18-19-15(22)23-14)9-21-6-2-1-3-7-21/h4-5,8H,1-3,6-7,9H2. The zero-order chi connectivity index (χ0) is 15.8. The Kier molecular flexibility index (Phi) is 4.24. The summed E-state index contributed by atoms with van der Waals surface area (Å²) < 4.78 is 1.83. The van der Waals surface area contributed by atoms with Crippen LogP contribution in [0.4, 0.5) is 0 Å². The number of fused-ring (bicyclic) bond motifs is 1. The predicted molar refractivity (Wildman–Crippen MR) is 93.2 cm³/mol. The minimum absolute atomic E-state index is 0.597. The third-order valence-corrected chi connectivity index (χ3v) is 5.51. The molecule has 0 saturated carbocycles. The third kappa shape index (κ3) is 3.08. The Morgan fingerprint density at radius 2 is 1.91 bits per heavy atom. The van der Waals surface area contributed by atoms with Crippen molar-refractivity contribution in [1.82, 2.24) is 24.7 Å². The van der Waals surface area contributed by atoms with E-state index < -0.39 is 0 Å². The molecule has 1 aliphatic rings. The van der Waals surface area contributed by atoms with E-state index in [2.05, 4.69) is 20.2 Å². The molecule has 120 valence electrons. The molecule has 0 radical (unpaired) electrons. The number of rotatable bonds is 3. The van der Waals surface area contributed by atoms with Crippen LogP contribution in [0.2, 0.25) is 10.0 Å². The molecule has 1 saturated heterocycles. The van der Waals surface area contributed by atoms with Crippen molar-refractivity contribution in [3.8, 4) is 10.6 Å². The zero-order valence-electron chi connectivity index (χ0n) is 12.4. The van der Waals surface area contributed by atoms with Crippen molar-refractivity contribution in [2.24, 2.45) is 0 Å². The van der Waals surface area contributed by atoms with E-state index in [9.17, 15) is 0 Å². The molecule has 8 heteroatoms. The average Bonchev–Trinajstić information content (AvgIpc) is 3.10. The van der Waals surface area contributed by atoms with Crippen LogP contribution in [-0.4, -0.2) is 37.8 Å². The average molecular weight is 368 g/mol. The van der Waals surface area contributed by atoms with Crippen molar-refractivity contribution < 1.29 is 0 Å². The number of nitrogens with zero attached hydrogens (tertiary/aromatic N) is 5. The molecular formula is C15H15Cl2N5S. The van der Waals surface area contributed by atoms with Gasteiger partial charge >= 0.3 is 0 Å². The van der Waals surface area contributed by atoms with Crippen LogP contribution in [0.15, 0.2) is 18.2 Å². The summed E-state index contributed by atoms with van der Waals surface area (Å²) in [6, 6.07) is 5.44. The largest absolute Gasteiger partial charge is 0.296 e. The second-order valence-corrected chi connectivity index (χ2v) is 7.48.